The van der Waals surface area contributed by atoms with Gasteiger partial charge in [0.05, 0.1) is 13.2 Å². The monoisotopic (exact) mass is 408 g/mol. The SMILES string of the molecule is CCCCCCCCCCC=CC(OCC)(P=O)P(=O)(OCC)OCC. The highest BCUT2D eigenvalue weighted by Crippen LogP contribution is 2.65. The minimum absolute atomic E-state index is 0.202. The molecule has 26 heavy (non-hydrogen) atoms. The first kappa shape index (κ1) is 26.0. The third kappa shape index (κ3) is 9.24. The summed E-state index contributed by atoms with van der Waals surface area (Å²) in [5.41, 5.74) is 0. The van der Waals surface area contributed by atoms with Crippen molar-refractivity contribution >= 4 is 16.1 Å². The molecule has 0 heterocycles. The van der Waals surface area contributed by atoms with Crippen molar-refractivity contribution in [1.29, 1.82) is 0 Å². The predicted molar refractivity (Wildman–Crippen MR) is 109 cm³/mol. The van der Waals surface area contributed by atoms with Gasteiger partial charge in [0.25, 0.3) is 5.08 Å². The molecule has 0 saturated carbocycles. The Morgan fingerprint density at radius 1 is 0.846 bits per heavy atom. The van der Waals surface area contributed by atoms with Gasteiger partial charge in [-0.1, -0.05) is 57.9 Å². The maximum Gasteiger partial charge on any atom is 0.378 e. The molecule has 1 atom stereocenters. The normalized spacial score (nSPS) is 14.9. The average molecular weight is 408 g/mol. The lowest BCUT2D eigenvalue weighted by atomic mass is 10.1. The lowest BCUT2D eigenvalue weighted by molar-refractivity contribution is 0.0799. The van der Waals surface area contributed by atoms with Gasteiger partial charge < -0.3 is 13.8 Å². The molecule has 0 saturated heterocycles. The van der Waals surface area contributed by atoms with Gasteiger partial charge in [-0.15, -0.1) is 0 Å². The van der Waals surface area contributed by atoms with Crippen molar-refractivity contribution in [2.45, 2.75) is 90.6 Å². The van der Waals surface area contributed by atoms with Crippen LogP contribution in [-0.4, -0.2) is 24.9 Å². The van der Waals surface area contributed by atoms with Crippen molar-refractivity contribution in [3.05, 3.63) is 12.2 Å². The molecule has 7 heteroatoms. The fourth-order valence-corrected chi connectivity index (χ4v) is 5.53. The van der Waals surface area contributed by atoms with E-state index in [1.165, 1.54) is 44.9 Å². The summed E-state index contributed by atoms with van der Waals surface area (Å²) in [6.07, 6.45) is 14.3. The van der Waals surface area contributed by atoms with Crippen LogP contribution < -0.4 is 0 Å². The molecular weight excluding hydrogens is 370 g/mol. The van der Waals surface area contributed by atoms with Crippen molar-refractivity contribution < 1.29 is 22.9 Å². The minimum Gasteiger partial charge on any atom is -0.349 e. The Labute approximate surface area is 162 Å². The van der Waals surface area contributed by atoms with Gasteiger partial charge in [-0.05, 0) is 39.7 Å². The molecule has 0 aliphatic carbocycles. The molecule has 0 amide bonds. The third-order valence-electron chi connectivity index (χ3n) is 4.04. The van der Waals surface area contributed by atoms with Crippen LogP contribution in [0.15, 0.2) is 12.2 Å². The zero-order valence-electron chi connectivity index (χ0n) is 17.1. The first-order valence-electron chi connectivity index (χ1n) is 10.1. The fraction of sp³-hybridized carbons (Fsp3) is 0.895. The van der Waals surface area contributed by atoms with E-state index in [-0.39, 0.29) is 19.8 Å². The first-order valence-corrected chi connectivity index (χ1v) is 12.5. The van der Waals surface area contributed by atoms with Crippen LogP contribution in [0.5, 0.6) is 0 Å². The molecule has 0 aromatic rings. The number of unbranched alkanes of at least 4 members (excludes halogenated alkanes) is 8. The standard InChI is InChI=1S/C19H38O5P2/c1-5-9-10-11-12-13-14-15-16-17-18-19(25-20,22-6-2)26(21,23-7-3)24-8-4/h17-18H,5-16H2,1-4H3. The van der Waals surface area contributed by atoms with Gasteiger partial charge in [0.2, 0.25) is 8.46 Å². The maximum atomic E-state index is 13.1. The quantitative estimate of drug-likeness (QED) is 0.135. The van der Waals surface area contributed by atoms with Crippen LogP contribution in [0.2, 0.25) is 0 Å². The largest absolute Gasteiger partial charge is 0.378 e. The summed E-state index contributed by atoms with van der Waals surface area (Å²) in [7, 11) is -4.10. The van der Waals surface area contributed by atoms with Crippen molar-refractivity contribution in [3.8, 4) is 0 Å². The minimum atomic E-state index is -3.69. The maximum absolute atomic E-state index is 13.1. The van der Waals surface area contributed by atoms with E-state index in [4.69, 9.17) is 13.8 Å². The molecule has 0 aromatic carbocycles. The third-order valence-corrected chi connectivity index (χ3v) is 7.82. The summed E-state index contributed by atoms with van der Waals surface area (Å²) < 4.78 is 41.4. The summed E-state index contributed by atoms with van der Waals surface area (Å²) >= 11 is 0. The number of allylic oxidation sites excluding steroid dienone is 1. The van der Waals surface area contributed by atoms with Gasteiger partial charge in [0, 0.05) is 6.61 Å². The Kier molecular flexibility index (Phi) is 15.9. The van der Waals surface area contributed by atoms with E-state index in [0.29, 0.717) is 0 Å². The lowest BCUT2D eigenvalue weighted by Gasteiger charge is -2.30. The molecule has 0 spiro atoms. The summed E-state index contributed by atoms with van der Waals surface area (Å²) in [6, 6.07) is 0. The van der Waals surface area contributed by atoms with E-state index in [1.54, 1.807) is 26.8 Å². The van der Waals surface area contributed by atoms with E-state index in [2.05, 4.69) is 6.92 Å². The molecular formula is C19H38O5P2. The molecule has 0 aliphatic heterocycles. The summed E-state index contributed by atoms with van der Waals surface area (Å²) in [5, 5.41) is -1.56. The number of hydrogen-bond acceptors (Lipinski definition) is 5. The summed E-state index contributed by atoms with van der Waals surface area (Å²) in [4.78, 5) is 0. The van der Waals surface area contributed by atoms with Gasteiger partial charge in [0.15, 0.2) is 0 Å². The summed E-state index contributed by atoms with van der Waals surface area (Å²) in [5.74, 6) is 0. The van der Waals surface area contributed by atoms with E-state index in [0.717, 1.165) is 12.8 Å². The molecule has 5 nitrogen and oxygen atoms in total. The van der Waals surface area contributed by atoms with E-state index >= 15 is 0 Å². The van der Waals surface area contributed by atoms with E-state index in [1.807, 2.05) is 6.08 Å². The lowest BCUT2D eigenvalue weighted by Crippen LogP contribution is -2.26. The van der Waals surface area contributed by atoms with Crippen LogP contribution in [-0.2, 0) is 22.9 Å². The molecule has 0 rings (SSSR count). The second-order valence-corrected chi connectivity index (χ2v) is 9.56. The average Bonchev–Trinajstić information content (AvgIpc) is 2.62. The van der Waals surface area contributed by atoms with E-state index < -0.39 is 21.1 Å². The van der Waals surface area contributed by atoms with Gasteiger partial charge in [0.1, 0.15) is 0 Å². The Hall–Kier alpha value is -0.0500. The van der Waals surface area contributed by atoms with Gasteiger partial charge in [-0.2, -0.15) is 0 Å². The van der Waals surface area contributed by atoms with Gasteiger partial charge in [-0.3, -0.25) is 9.13 Å². The second-order valence-electron chi connectivity index (χ2n) is 6.18. The Morgan fingerprint density at radius 2 is 1.38 bits per heavy atom. The van der Waals surface area contributed by atoms with Crippen LogP contribution in [0.25, 0.3) is 0 Å². The Morgan fingerprint density at radius 3 is 1.85 bits per heavy atom. The molecule has 0 radical (unpaired) electrons. The number of rotatable bonds is 18. The van der Waals surface area contributed by atoms with Crippen molar-refractivity contribution in [2.75, 3.05) is 19.8 Å². The van der Waals surface area contributed by atoms with Gasteiger partial charge >= 0.3 is 7.60 Å². The number of ether oxygens (including phenoxy) is 1. The van der Waals surface area contributed by atoms with Gasteiger partial charge in [-0.25, -0.2) is 0 Å². The summed E-state index contributed by atoms with van der Waals surface area (Å²) in [6.45, 7) is 8.13. The smallest absolute Gasteiger partial charge is 0.349 e. The molecule has 154 valence electrons. The zero-order chi connectivity index (χ0) is 19.7. The molecule has 0 N–H and O–H groups in total. The molecule has 0 fully saturated rings. The topological polar surface area (TPSA) is 61.8 Å². The number of hydrogen-bond donors (Lipinski definition) is 0. The van der Waals surface area contributed by atoms with Crippen molar-refractivity contribution in [1.82, 2.24) is 0 Å². The highest BCUT2D eigenvalue weighted by Gasteiger charge is 2.52. The van der Waals surface area contributed by atoms with Crippen LogP contribution in [0.1, 0.15) is 85.5 Å². The van der Waals surface area contributed by atoms with Crippen molar-refractivity contribution in [3.63, 3.8) is 0 Å². The molecule has 0 aromatic heterocycles. The van der Waals surface area contributed by atoms with Crippen LogP contribution in [0.4, 0.5) is 0 Å². The highest BCUT2D eigenvalue weighted by atomic mass is 31.2. The molecule has 0 aliphatic rings. The Bertz CT molecular complexity index is 418. The zero-order valence-corrected chi connectivity index (χ0v) is 18.9. The highest BCUT2D eigenvalue weighted by molar-refractivity contribution is 7.65. The van der Waals surface area contributed by atoms with Crippen LogP contribution in [0.3, 0.4) is 0 Å². The van der Waals surface area contributed by atoms with E-state index in [9.17, 15) is 9.13 Å². The Balaban J connectivity index is 4.63. The van der Waals surface area contributed by atoms with Crippen molar-refractivity contribution in [2.24, 2.45) is 0 Å². The van der Waals surface area contributed by atoms with Crippen LogP contribution in [0, 0.1) is 0 Å². The molecule has 0 bridgehead atoms. The second kappa shape index (κ2) is 16.0. The first-order chi connectivity index (χ1) is 12.6. The predicted octanol–water partition coefficient (Wildman–Crippen LogP) is 7.32. The van der Waals surface area contributed by atoms with Crippen LogP contribution >= 0.6 is 16.1 Å². The molecule has 1 unspecified atom stereocenters. The fourth-order valence-electron chi connectivity index (χ4n) is 2.73.